The van der Waals surface area contributed by atoms with E-state index in [1.54, 1.807) is 0 Å². The van der Waals surface area contributed by atoms with Crippen LogP contribution < -0.4 is 0 Å². The van der Waals surface area contributed by atoms with Crippen LogP contribution in [-0.2, 0) is 0 Å². The van der Waals surface area contributed by atoms with Crippen molar-refractivity contribution >= 4 is 0 Å². The summed E-state index contributed by atoms with van der Waals surface area (Å²) in [6.07, 6.45) is 30.9. The van der Waals surface area contributed by atoms with Crippen LogP contribution in [0.3, 0.4) is 0 Å². The number of rotatable bonds is 21. The minimum absolute atomic E-state index is 0.894. The molecule has 2 aliphatic rings. The Labute approximate surface area is 196 Å². The lowest BCUT2D eigenvalue weighted by Gasteiger charge is -2.23. The average Bonchev–Trinajstić information content (AvgIpc) is 3.31. The van der Waals surface area contributed by atoms with Crippen LogP contribution in [0.25, 0.3) is 0 Å². The average molecular weight is 435 g/mol. The normalized spacial score (nSPS) is 21.9. The summed E-state index contributed by atoms with van der Waals surface area (Å²) in [6.45, 7) is 7.72. The summed E-state index contributed by atoms with van der Waals surface area (Å²) >= 11 is 0. The molecule has 0 N–H and O–H groups in total. The molecule has 2 fully saturated rings. The first-order valence-electron chi connectivity index (χ1n) is 14.7. The van der Waals surface area contributed by atoms with Gasteiger partial charge in [-0.05, 0) is 38.9 Å². The van der Waals surface area contributed by atoms with E-state index in [2.05, 4.69) is 23.8 Å². The Morgan fingerprint density at radius 2 is 0.968 bits per heavy atom. The monoisotopic (exact) mass is 434 g/mol. The van der Waals surface area contributed by atoms with Gasteiger partial charge in [0.1, 0.15) is 0 Å². The van der Waals surface area contributed by atoms with Crippen molar-refractivity contribution in [2.75, 3.05) is 33.2 Å². The molecule has 2 atom stereocenters. The first kappa shape index (κ1) is 27.2. The van der Waals surface area contributed by atoms with Crippen LogP contribution in [0.5, 0.6) is 0 Å². The van der Waals surface area contributed by atoms with E-state index in [0.717, 1.165) is 12.0 Å². The fraction of sp³-hybridized carbons (Fsp3) is 1.00. The highest BCUT2D eigenvalue weighted by molar-refractivity contribution is 4.94. The fourth-order valence-electron chi connectivity index (χ4n) is 6.11. The predicted octanol–water partition coefficient (Wildman–Crippen LogP) is 8.44. The molecule has 0 aromatic rings. The topological polar surface area (TPSA) is 6.48 Å². The summed E-state index contributed by atoms with van der Waals surface area (Å²) in [6, 6.07) is 0.894. The number of fused-ring (bicyclic) bond motifs is 1. The summed E-state index contributed by atoms with van der Waals surface area (Å²) < 4.78 is 0. The number of unbranched alkanes of at least 4 members (excludes halogenated alkanes) is 19. The maximum Gasteiger partial charge on any atom is 0.0263 e. The third kappa shape index (κ3) is 12.7. The van der Waals surface area contributed by atoms with Crippen LogP contribution in [0.2, 0.25) is 0 Å². The van der Waals surface area contributed by atoms with E-state index in [0.29, 0.717) is 0 Å². The first-order valence-corrected chi connectivity index (χ1v) is 14.7. The lowest BCUT2D eigenvalue weighted by atomic mass is 10.0. The van der Waals surface area contributed by atoms with Crippen LogP contribution in [0, 0.1) is 5.92 Å². The third-order valence-corrected chi connectivity index (χ3v) is 8.14. The van der Waals surface area contributed by atoms with Gasteiger partial charge in [-0.15, -0.1) is 0 Å². The number of hydrogen-bond acceptors (Lipinski definition) is 2. The van der Waals surface area contributed by atoms with Crippen molar-refractivity contribution in [2.45, 2.75) is 148 Å². The van der Waals surface area contributed by atoms with E-state index in [1.807, 2.05) is 0 Å². The first-order chi connectivity index (χ1) is 15.3. The molecule has 2 nitrogen and oxygen atoms in total. The molecule has 184 valence electrons. The number of likely N-dealkylation sites (N-methyl/N-ethyl adjacent to an activating group) is 1. The smallest absolute Gasteiger partial charge is 0.0263 e. The second-order valence-corrected chi connectivity index (χ2v) is 11.1. The highest BCUT2D eigenvalue weighted by Gasteiger charge is 2.39. The SMILES string of the molecule is CCCCCCCCCCCCCCCCCCCCCCN1CCC2CN(C)CC21. The molecule has 2 unspecified atom stereocenters. The Morgan fingerprint density at radius 1 is 0.548 bits per heavy atom. The highest BCUT2D eigenvalue weighted by Crippen LogP contribution is 2.30. The predicted molar refractivity (Wildman–Crippen MR) is 139 cm³/mol. The molecule has 0 aromatic heterocycles. The van der Waals surface area contributed by atoms with Crippen molar-refractivity contribution < 1.29 is 0 Å². The molecule has 0 aromatic carbocycles. The zero-order valence-corrected chi connectivity index (χ0v) is 21.7. The lowest BCUT2D eigenvalue weighted by molar-refractivity contribution is 0.230. The van der Waals surface area contributed by atoms with Crippen LogP contribution in [0.4, 0.5) is 0 Å². The molecule has 2 aliphatic heterocycles. The van der Waals surface area contributed by atoms with E-state index in [4.69, 9.17) is 0 Å². The molecule has 31 heavy (non-hydrogen) atoms. The van der Waals surface area contributed by atoms with E-state index in [1.165, 1.54) is 161 Å². The van der Waals surface area contributed by atoms with Gasteiger partial charge in [0.25, 0.3) is 0 Å². The molecule has 0 aliphatic carbocycles. The molecule has 2 heteroatoms. The fourth-order valence-corrected chi connectivity index (χ4v) is 6.11. The molecular weight excluding hydrogens is 376 g/mol. The Bertz CT molecular complexity index is 396. The number of likely N-dealkylation sites (tertiary alicyclic amines) is 2. The summed E-state index contributed by atoms with van der Waals surface area (Å²) in [5, 5.41) is 0. The van der Waals surface area contributed by atoms with Crippen molar-refractivity contribution in [1.82, 2.24) is 9.80 Å². The quantitative estimate of drug-likeness (QED) is 0.167. The minimum atomic E-state index is 0.894. The molecule has 0 amide bonds. The largest absolute Gasteiger partial charge is 0.304 e. The Hall–Kier alpha value is -0.0800. The van der Waals surface area contributed by atoms with E-state index in [9.17, 15) is 0 Å². The van der Waals surface area contributed by atoms with Gasteiger partial charge in [0.2, 0.25) is 0 Å². The van der Waals surface area contributed by atoms with Gasteiger partial charge in [0.05, 0.1) is 0 Å². The molecule has 0 bridgehead atoms. The van der Waals surface area contributed by atoms with Crippen LogP contribution in [-0.4, -0.2) is 49.1 Å². The zero-order valence-electron chi connectivity index (χ0n) is 21.7. The van der Waals surface area contributed by atoms with Crippen LogP contribution in [0.15, 0.2) is 0 Å². The van der Waals surface area contributed by atoms with Crippen molar-refractivity contribution in [2.24, 2.45) is 5.92 Å². The zero-order chi connectivity index (χ0) is 22.0. The molecule has 2 rings (SSSR count). The molecular formula is C29H58N2. The summed E-state index contributed by atoms with van der Waals surface area (Å²) in [5.74, 6) is 0.982. The third-order valence-electron chi connectivity index (χ3n) is 8.14. The van der Waals surface area contributed by atoms with Gasteiger partial charge in [-0.2, -0.15) is 0 Å². The molecule has 0 saturated carbocycles. The van der Waals surface area contributed by atoms with Crippen LogP contribution in [0.1, 0.15) is 142 Å². The van der Waals surface area contributed by atoms with Gasteiger partial charge < -0.3 is 4.90 Å². The van der Waals surface area contributed by atoms with E-state index >= 15 is 0 Å². The van der Waals surface area contributed by atoms with Gasteiger partial charge in [-0.25, -0.2) is 0 Å². The molecule has 0 spiro atoms. The second kappa shape index (κ2) is 18.4. The van der Waals surface area contributed by atoms with Gasteiger partial charge in [0, 0.05) is 19.1 Å². The number of nitrogens with zero attached hydrogens (tertiary/aromatic N) is 2. The summed E-state index contributed by atoms with van der Waals surface area (Å²) in [5.41, 5.74) is 0. The molecule has 2 saturated heterocycles. The van der Waals surface area contributed by atoms with Crippen molar-refractivity contribution in [3.63, 3.8) is 0 Å². The molecule has 0 radical (unpaired) electrons. The Morgan fingerprint density at radius 3 is 1.42 bits per heavy atom. The summed E-state index contributed by atoms with van der Waals surface area (Å²) in [7, 11) is 2.30. The minimum Gasteiger partial charge on any atom is -0.304 e. The summed E-state index contributed by atoms with van der Waals surface area (Å²) in [4.78, 5) is 5.35. The van der Waals surface area contributed by atoms with Crippen molar-refractivity contribution in [3.05, 3.63) is 0 Å². The van der Waals surface area contributed by atoms with Gasteiger partial charge in [0.15, 0.2) is 0 Å². The lowest BCUT2D eigenvalue weighted by Crippen LogP contribution is -2.35. The van der Waals surface area contributed by atoms with Gasteiger partial charge >= 0.3 is 0 Å². The second-order valence-electron chi connectivity index (χ2n) is 11.1. The van der Waals surface area contributed by atoms with E-state index in [-0.39, 0.29) is 0 Å². The maximum absolute atomic E-state index is 2.81. The Kier molecular flexibility index (Phi) is 16.1. The van der Waals surface area contributed by atoms with Crippen molar-refractivity contribution in [1.29, 1.82) is 0 Å². The van der Waals surface area contributed by atoms with Crippen LogP contribution >= 0.6 is 0 Å². The van der Waals surface area contributed by atoms with Crippen molar-refractivity contribution in [3.8, 4) is 0 Å². The standard InChI is InChI=1S/C29H58N2/c1-3-4-5-6-7-8-9-10-11-12-13-14-15-16-17-18-19-20-21-22-24-31-25-23-28-26-30(2)27-29(28)31/h28-29H,3-27H2,1-2H3. The van der Waals surface area contributed by atoms with Gasteiger partial charge in [-0.3, -0.25) is 4.90 Å². The highest BCUT2D eigenvalue weighted by atomic mass is 15.3. The van der Waals surface area contributed by atoms with E-state index < -0.39 is 0 Å². The van der Waals surface area contributed by atoms with Gasteiger partial charge in [-0.1, -0.05) is 129 Å². The Balaban J connectivity index is 1.22. The molecule has 2 heterocycles. The number of hydrogen-bond donors (Lipinski definition) is 0. The maximum atomic E-state index is 2.81.